The summed E-state index contributed by atoms with van der Waals surface area (Å²) in [6.45, 7) is 0. The number of carbonyl (C=O) groups is 2. The molecule has 5 rings (SSSR count). The summed E-state index contributed by atoms with van der Waals surface area (Å²) in [5.41, 5.74) is 1.79. The Hall–Kier alpha value is -3.14. The van der Waals surface area contributed by atoms with E-state index in [1.54, 1.807) is 6.07 Å². The molecule has 0 saturated heterocycles. The molecule has 116 valence electrons. The number of fused-ring (bicyclic) bond motifs is 6. The van der Waals surface area contributed by atoms with E-state index < -0.39 is 5.60 Å². The lowest BCUT2D eigenvalue weighted by Gasteiger charge is -2.39. The fraction of sp³-hybridized carbons (Fsp3) is 0.100. The Kier molecular flexibility index (Phi) is 2.47. The summed E-state index contributed by atoms with van der Waals surface area (Å²) >= 11 is 0. The zero-order valence-corrected chi connectivity index (χ0v) is 12.6. The van der Waals surface area contributed by atoms with Crippen LogP contribution in [0.25, 0.3) is 0 Å². The second-order valence-electron chi connectivity index (χ2n) is 6.01. The molecule has 1 aliphatic carbocycles. The molecule has 0 bridgehead atoms. The number of para-hydroxylation sites is 1. The lowest BCUT2D eigenvalue weighted by molar-refractivity contribution is -0.114. The third-order valence-electron chi connectivity index (χ3n) is 4.70. The fourth-order valence-corrected chi connectivity index (χ4v) is 3.72. The normalized spacial score (nSPS) is 23.5. The van der Waals surface area contributed by atoms with E-state index in [-0.39, 0.29) is 18.2 Å². The van der Waals surface area contributed by atoms with Gasteiger partial charge in [0.25, 0.3) is 0 Å². The highest BCUT2D eigenvalue weighted by Crippen LogP contribution is 2.55. The number of ketones is 1. The topological polar surface area (TPSA) is 52.6 Å². The molecule has 0 N–H and O–H groups in total. The van der Waals surface area contributed by atoms with E-state index in [1.807, 2.05) is 48.5 Å². The van der Waals surface area contributed by atoms with E-state index in [1.165, 1.54) is 6.08 Å². The molecular formula is C20H12O4. The number of rotatable bonds is 0. The van der Waals surface area contributed by atoms with Crippen LogP contribution in [0.2, 0.25) is 0 Å². The average Bonchev–Trinajstić information content (AvgIpc) is 2.89. The van der Waals surface area contributed by atoms with Crippen molar-refractivity contribution in [2.24, 2.45) is 0 Å². The van der Waals surface area contributed by atoms with E-state index in [9.17, 15) is 9.59 Å². The highest BCUT2D eigenvalue weighted by Gasteiger charge is 2.55. The average molecular weight is 316 g/mol. The molecule has 4 nitrogen and oxygen atoms in total. The van der Waals surface area contributed by atoms with Crippen LogP contribution in [0, 0.1) is 0 Å². The van der Waals surface area contributed by atoms with Crippen molar-refractivity contribution < 1.29 is 19.1 Å². The summed E-state index contributed by atoms with van der Waals surface area (Å²) in [6.07, 6.45) is 3.57. The molecule has 1 spiro atoms. The van der Waals surface area contributed by atoms with E-state index in [4.69, 9.17) is 9.47 Å². The lowest BCUT2D eigenvalue weighted by Crippen LogP contribution is -2.37. The minimum Gasteiger partial charge on any atom is -0.456 e. The first-order valence-electron chi connectivity index (χ1n) is 7.76. The zero-order chi connectivity index (χ0) is 16.3. The molecule has 3 aliphatic rings. The highest BCUT2D eigenvalue weighted by molar-refractivity contribution is 5.98. The Morgan fingerprint density at radius 3 is 2.54 bits per heavy atom. The van der Waals surface area contributed by atoms with Crippen LogP contribution in [0.15, 0.2) is 72.0 Å². The standard InChI is InChI=1S/C20H12O4/c21-12-9-10-16-18(11-12)23-17-8-4-3-7-15(17)20(16)14-6-2-1-5-13(14)19(22)24-20/h1-8,10-11H,9H2. The number of hydrogen-bond acceptors (Lipinski definition) is 4. The minimum absolute atomic E-state index is 0.0270. The van der Waals surface area contributed by atoms with Gasteiger partial charge in [-0.05, 0) is 12.1 Å². The molecule has 0 fully saturated rings. The van der Waals surface area contributed by atoms with Gasteiger partial charge in [0, 0.05) is 29.2 Å². The molecular weight excluding hydrogens is 304 g/mol. The summed E-state index contributed by atoms with van der Waals surface area (Å²) < 4.78 is 11.9. The number of esters is 1. The van der Waals surface area contributed by atoms with E-state index >= 15 is 0 Å². The summed E-state index contributed by atoms with van der Waals surface area (Å²) in [5, 5.41) is 0. The monoisotopic (exact) mass is 316 g/mol. The quantitative estimate of drug-likeness (QED) is 0.700. The van der Waals surface area contributed by atoms with Crippen molar-refractivity contribution in [3.8, 4) is 5.75 Å². The molecule has 1 atom stereocenters. The van der Waals surface area contributed by atoms with Crippen molar-refractivity contribution in [1.82, 2.24) is 0 Å². The molecule has 0 radical (unpaired) electrons. The first-order chi connectivity index (χ1) is 11.7. The number of benzene rings is 2. The number of carbonyl (C=O) groups excluding carboxylic acids is 2. The molecule has 0 amide bonds. The van der Waals surface area contributed by atoms with Crippen molar-refractivity contribution >= 4 is 11.8 Å². The van der Waals surface area contributed by atoms with Crippen LogP contribution >= 0.6 is 0 Å². The maximum Gasteiger partial charge on any atom is 0.340 e. The van der Waals surface area contributed by atoms with Gasteiger partial charge in [0.05, 0.1) is 5.56 Å². The largest absolute Gasteiger partial charge is 0.456 e. The van der Waals surface area contributed by atoms with Gasteiger partial charge in [-0.3, -0.25) is 4.79 Å². The second kappa shape index (κ2) is 4.45. The third-order valence-corrected chi connectivity index (χ3v) is 4.70. The van der Waals surface area contributed by atoms with Gasteiger partial charge >= 0.3 is 5.97 Å². The van der Waals surface area contributed by atoms with Crippen LogP contribution in [-0.4, -0.2) is 11.8 Å². The van der Waals surface area contributed by atoms with Crippen molar-refractivity contribution in [1.29, 1.82) is 0 Å². The third kappa shape index (κ3) is 1.52. The Morgan fingerprint density at radius 2 is 1.67 bits per heavy atom. The molecule has 1 unspecified atom stereocenters. The molecule has 0 saturated carbocycles. The smallest absolute Gasteiger partial charge is 0.340 e. The lowest BCUT2D eigenvalue weighted by atomic mass is 9.75. The molecule has 24 heavy (non-hydrogen) atoms. The first-order valence-corrected chi connectivity index (χ1v) is 7.76. The SMILES string of the molecule is O=C1C=C2Oc3ccccc3C3(OC(=O)c4ccccc43)C2=CC1. The molecule has 2 aliphatic heterocycles. The van der Waals surface area contributed by atoms with Gasteiger partial charge in [0.15, 0.2) is 11.4 Å². The number of hydrogen-bond donors (Lipinski definition) is 0. The Morgan fingerprint density at radius 1 is 0.917 bits per heavy atom. The molecule has 2 aromatic rings. The summed E-state index contributed by atoms with van der Waals surface area (Å²) in [4.78, 5) is 24.3. The second-order valence-corrected chi connectivity index (χ2v) is 6.01. The highest BCUT2D eigenvalue weighted by atomic mass is 16.6. The molecule has 0 aromatic heterocycles. The number of allylic oxidation sites excluding steroid dienone is 2. The Balaban J connectivity index is 1.89. The minimum atomic E-state index is -1.05. The predicted molar refractivity (Wildman–Crippen MR) is 85.5 cm³/mol. The molecule has 2 heterocycles. The van der Waals surface area contributed by atoms with Gasteiger partial charge in [0.2, 0.25) is 0 Å². The number of ether oxygens (including phenoxy) is 2. The van der Waals surface area contributed by atoms with Crippen LogP contribution in [0.1, 0.15) is 27.9 Å². The van der Waals surface area contributed by atoms with Crippen molar-refractivity contribution in [2.75, 3.05) is 0 Å². The predicted octanol–water partition coefficient (Wildman–Crippen LogP) is 3.28. The first kappa shape index (κ1) is 13.3. The van der Waals surface area contributed by atoms with Gasteiger partial charge in [0.1, 0.15) is 11.5 Å². The van der Waals surface area contributed by atoms with Crippen LogP contribution in [0.4, 0.5) is 0 Å². The summed E-state index contributed by atoms with van der Waals surface area (Å²) in [6, 6.07) is 14.8. The summed E-state index contributed by atoms with van der Waals surface area (Å²) in [5.74, 6) is 0.662. The van der Waals surface area contributed by atoms with Crippen LogP contribution in [0.5, 0.6) is 5.75 Å². The van der Waals surface area contributed by atoms with Crippen LogP contribution in [-0.2, 0) is 15.1 Å². The Bertz CT molecular complexity index is 983. The van der Waals surface area contributed by atoms with Gasteiger partial charge in [-0.1, -0.05) is 42.5 Å². The van der Waals surface area contributed by atoms with Gasteiger partial charge < -0.3 is 9.47 Å². The van der Waals surface area contributed by atoms with Crippen LogP contribution < -0.4 is 4.74 Å². The fourth-order valence-electron chi connectivity index (χ4n) is 3.72. The van der Waals surface area contributed by atoms with Crippen LogP contribution in [0.3, 0.4) is 0 Å². The van der Waals surface area contributed by atoms with E-state index in [0.717, 1.165) is 16.7 Å². The van der Waals surface area contributed by atoms with E-state index in [2.05, 4.69) is 0 Å². The van der Waals surface area contributed by atoms with Gasteiger partial charge in [-0.25, -0.2) is 4.79 Å². The summed E-state index contributed by atoms with van der Waals surface area (Å²) in [7, 11) is 0. The van der Waals surface area contributed by atoms with Crippen molar-refractivity contribution in [2.45, 2.75) is 12.0 Å². The Labute approximate surface area is 138 Å². The van der Waals surface area contributed by atoms with Crippen molar-refractivity contribution in [3.63, 3.8) is 0 Å². The zero-order valence-electron chi connectivity index (χ0n) is 12.6. The molecule has 4 heteroatoms. The molecule has 2 aromatic carbocycles. The van der Waals surface area contributed by atoms with Gasteiger partial charge in [-0.2, -0.15) is 0 Å². The maximum absolute atomic E-state index is 12.5. The van der Waals surface area contributed by atoms with Crippen molar-refractivity contribution in [3.05, 3.63) is 88.7 Å². The maximum atomic E-state index is 12.5. The van der Waals surface area contributed by atoms with Gasteiger partial charge in [-0.15, -0.1) is 0 Å². The van der Waals surface area contributed by atoms with E-state index in [0.29, 0.717) is 17.1 Å².